The summed E-state index contributed by atoms with van der Waals surface area (Å²) in [6.07, 6.45) is 0.0526. The number of nitrogens with one attached hydrogen (secondary N) is 2. The zero-order valence-corrected chi connectivity index (χ0v) is 12.6. The fourth-order valence-electron chi connectivity index (χ4n) is 2.59. The Balaban J connectivity index is 2.50. The van der Waals surface area contributed by atoms with Crippen LogP contribution in [-0.4, -0.2) is 27.3 Å². The zero-order chi connectivity index (χ0) is 15.6. The van der Waals surface area contributed by atoms with E-state index in [1.54, 1.807) is 12.1 Å². The van der Waals surface area contributed by atoms with Gasteiger partial charge >= 0.3 is 0 Å². The van der Waals surface area contributed by atoms with Crippen molar-refractivity contribution in [2.75, 3.05) is 0 Å². The van der Waals surface area contributed by atoms with Crippen LogP contribution in [0.3, 0.4) is 0 Å². The lowest BCUT2D eigenvalue weighted by molar-refractivity contribution is 0.123. The Morgan fingerprint density at radius 2 is 1.95 bits per heavy atom. The summed E-state index contributed by atoms with van der Waals surface area (Å²) in [5.74, 6) is 0.00326. The molecule has 0 fully saturated rings. The van der Waals surface area contributed by atoms with Gasteiger partial charge in [-0.3, -0.25) is 4.79 Å². The second kappa shape index (κ2) is 6.28. The average molecular weight is 290 g/mol. The van der Waals surface area contributed by atoms with E-state index in [1.165, 1.54) is 12.1 Å². The molecule has 1 aromatic carbocycles. The van der Waals surface area contributed by atoms with Crippen molar-refractivity contribution in [2.24, 2.45) is 0 Å². The summed E-state index contributed by atoms with van der Waals surface area (Å²) < 4.78 is 0. The van der Waals surface area contributed by atoms with Crippen LogP contribution in [0.4, 0.5) is 0 Å². The summed E-state index contributed by atoms with van der Waals surface area (Å²) in [6, 6.07) is 6.39. The number of benzene rings is 1. The number of phenols is 1. The van der Waals surface area contributed by atoms with E-state index in [-0.39, 0.29) is 23.4 Å². The minimum absolute atomic E-state index is 0.00326. The van der Waals surface area contributed by atoms with Crippen molar-refractivity contribution in [3.8, 4) is 5.75 Å². The molecule has 0 aliphatic rings. The van der Waals surface area contributed by atoms with Gasteiger partial charge in [-0.2, -0.15) is 0 Å². The first-order chi connectivity index (χ1) is 9.93. The maximum atomic E-state index is 11.4. The van der Waals surface area contributed by atoms with E-state index < -0.39 is 6.10 Å². The molecule has 0 aliphatic heterocycles. The van der Waals surface area contributed by atoms with Crippen molar-refractivity contribution in [1.82, 2.24) is 10.3 Å². The van der Waals surface area contributed by atoms with Crippen LogP contribution >= 0.6 is 0 Å². The summed E-state index contributed by atoms with van der Waals surface area (Å²) in [4.78, 5) is 14.0. The Hall–Kier alpha value is -1.85. The predicted octanol–water partition coefficient (Wildman–Crippen LogP) is 2.04. The Kier molecular flexibility index (Phi) is 4.65. The molecular formula is C16H22N2O3. The zero-order valence-electron chi connectivity index (χ0n) is 12.6. The average Bonchev–Trinajstić information content (AvgIpc) is 2.45. The highest BCUT2D eigenvalue weighted by atomic mass is 16.3. The lowest BCUT2D eigenvalue weighted by Gasteiger charge is -2.26. The summed E-state index contributed by atoms with van der Waals surface area (Å²) in [7, 11) is 0. The molecule has 0 unspecified atom stereocenters. The highest BCUT2D eigenvalue weighted by molar-refractivity contribution is 5.87. The molecule has 0 amide bonds. The van der Waals surface area contributed by atoms with Gasteiger partial charge in [-0.15, -0.1) is 0 Å². The number of hydrogen-bond donors (Lipinski definition) is 4. The van der Waals surface area contributed by atoms with Crippen LogP contribution in [0.2, 0.25) is 0 Å². The third-order valence-corrected chi connectivity index (χ3v) is 3.59. The monoisotopic (exact) mass is 290 g/mol. The van der Waals surface area contributed by atoms with Crippen LogP contribution in [0.1, 0.15) is 38.9 Å². The van der Waals surface area contributed by atoms with E-state index in [9.17, 15) is 15.0 Å². The van der Waals surface area contributed by atoms with Crippen LogP contribution in [-0.2, 0) is 0 Å². The van der Waals surface area contributed by atoms with Crippen molar-refractivity contribution in [3.63, 3.8) is 0 Å². The summed E-state index contributed by atoms with van der Waals surface area (Å²) >= 11 is 0. The van der Waals surface area contributed by atoms with Gasteiger partial charge in [0, 0.05) is 23.5 Å². The number of aliphatic hydroxyl groups is 1. The smallest absolute Gasteiger partial charge is 0.248 e. The molecule has 114 valence electrons. The van der Waals surface area contributed by atoms with Gasteiger partial charge in [0.1, 0.15) is 5.75 Å². The second-order valence-electron chi connectivity index (χ2n) is 5.57. The number of pyridine rings is 1. The molecule has 0 spiro atoms. The van der Waals surface area contributed by atoms with Gasteiger partial charge < -0.3 is 20.5 Å². The number of aliphatic hydroxyl groups excluding tert-OH is 1. The van der Waals surface area contributed by atoms with Crippen LogP contribution in [0.15, 0.2) is 29.1 Å². The predicted molar refractivity (Wildman–Crippen MR) is 83.5 cm³/mol. The van der Waals surface area contributed by atoms with Gasteiger partial charge in [0.25, 0.3) is 0 Å². The first-order valence-corrected chi connectivity index (χ1v) is 7.23. The van der Waals surface area contributed by atoms with E-state index in [1.807, 2.05) is 20.8 Å². The van der Waals surface area contributed by atoms with Gasteiger partial charge in [0.05, 0.1) is 11.6 Å². The number of rotatable bonds is 5. The molecule has 2 aromatic rings. The van der Waals surface area contributed by atoms with Gasteiger partial charge in [-0.1, -0.05) is 26.8 Å². The van der Waals surface area contributed by atoms with E-state index in [0.717, 1.165) is 6.42 Å². The molecule has 0 saturated carbocycles. The molecule has 0 aliphatic carbocycles. The molecule has 1 heterocycles. The Labute approximate surface area is 123 Å². The third kappa shape index (κ3) is 3.25. The largest absolute Gasteiger partial charge is 0.506 e. The maximum absolute atomic E-state index is 11.4. The summed E-state index contributed by atoms with van der Waals surface area (Å²) in [6.45, 7) is 6.07. The quantitative estimate of drug-likeness (QED) is 0.679. The Bertz CT molecular complexity index is 679. The highest BCUT2D eigenvalue weighted by Crippen LogP contribution is 2.30. The molecule has 2 atom stereocenters. The number of fused-ring (bicyclic) bond motifs is 1. The van der Waals surface area contributed by atoms with Gasteiger partial charge in [-0.05, 0) is 24.1 Å². The molecule has 1 aromatic heterocycles. The fourth-order valence-corrected chi connectivity index (χ4v) is 2.59. The minimum atomic E-state index is -0.716. The Morgan fingerprint density at radius 3 is 2.57 bits per heavy atom. The molecule has 5 heteroatoms. The van der Waals surface area contributed by atoms with Crippen LogP contribution < -0.4 is 10.9 Å². The van der Waals surface area contributed by atoms with Crippen LogP contribution in [0, 0.1) is 0 Å². The fraction of sp³-hybridized carbons (Fsp3) is 0.438. The van der Waals surface area contributed by atoms with E-state index >= 15 is 0 Å². The summed E-state index contributed by atoms with van der Waals surface area (Å²) in [5.41, 5.74) is 0.772. The molecule has 0 bridgehead atoms. The molecule has 2 rings (SSSR count). The number of phenolic OH excluding ortho intramolecular Hbond substituents is 1. The van der Waals surface area contributed by atoms with Crippen molar-refractivity contribution < 1.29 is 10.2 Å². The molecule has 4 N–H and O–H groups in total. The number of aromatic nitrogens is 1. The van der Waals surface area contributed by atoms with Crippen molar-refractivity contribution >= 4 is 10.9 Å². The maximum Gasteiger partial charge on any atom is 0.248 e. The standard InChI is InChI=1S/C16H22N2O3/c1-4-12(17-9(2)3)16(21)11-5-7-13(19)15-10(11)6-8-14(20)18-15/h5-9,12,16-17,19,21H,4H2,1-3H3,(H,18,20)/t12-,16+/m1/s1. The molecular weight excluding hydrogens is 268 g/mol. The molecule has 5 nitrogen and oxygen atoms in total. The first-order valence-electron chi connectivity index (χ1n) is 7.23. The van der Waals surface area contributed by atoms with Crippen LogP contribution in [0.5, 0.6) is 5.75 Å². The lowest BCUT2D eigenvalue weighted by Crippen LogP contribution is -2.39. The topological polar surface area (TPSA) is 85.3 Å². The van der Waals surface area contributed by atoms with Crippen molar-refractivity contribution in [2.45, 2.75) is 45.4 Å². The van der Waals surface area contributed by atoms with E-state index in [4.69, 9.17) is 0 Å². The van der Waals surface area contributed by atoms with Gasteiger partial charge in [0.2, 0.25) is 5.56 Å². The lowest BCUT2D eigenvalue weighted by atomic mass is 9.95. The minimum Gasteiger partial charge on any atom is -0.506 e. The normalized spacial score (nSPS) is 14.5. The number of aromatic hydroxyl groups is 1. The van der Waals surface area contributed by atoms with Crippen molar-refractivity contribution in [1.29, 1.82) is 0 Å². The van der Waals surface area contributed by atoms with Crippen molar-refractivity contribution in [3.05, 3.63) is 40.2 Å². The summed E-state index contributed by atoms with van der Waals surface area (Å²) in [5, 5.41) is 24.5. The number of aromatic amines is 1. The Morgan fingerprint density at radius 1 is 1.24 bits per heavy atom. The van der Waals surface area contributed by atoms with Gasteiger partial charge in [0.15, 0.2) is 0 Å². The van der Waals surface area contributed by atoms with E-state index in [2.05, 4.69) is 10.3 Å². The first kappa shape index (κ1) is 15.5. The SMILES string of the molecule is CC[C@@H](NC(C)C)[C@@H](O)c1ccc(O)c2[nH]c(=O)ccc12. The molecule has 0 saturated heterocycles. The molecule has 0 radical (unpaired) electrons. The molecule has 21 heavy (non-hydrogen) atoms. The van der Waals surface area contributed by atoms with Gasteiger partial charge in [-0.25, -0.2) is 0 Å². The van der Waals surface area contributed by atoms with E-state index in [0.29, 0.717) is 16.5 Å². The number of H-pyrrole nitrogens is 1. The third-order valence-electron chi connectivity index (χ3n) is 3.59. The van der Waals surface area contributed by atoms with Crippen LogP contribution in [0.25, 0.3) is 10.9 Å². The number of hydrogen-bond acceptors (Lipinski definition) is 4. The highest BCUT2D eigenvalue weighted by Gasteiger charge is 2.22. The second-order valence-corrected chi connectivity index (χ2v) is 5.57.